The second-order valence-electron chi connectivity index (χ2n) is 4.51. The smallest absolute Gasteiger partial charge is 0.260 e. The first kappa shape index (κ1) is 14.4. The fraction of sp³-hybridized carbons (Fsp3) is 0.727. The lowest BCUT2D eigenvalue weighted by Crippen LogP contribution is -2.36. The highest BCUT2D eigenvalue weighted by Crippen LogP contribution is 2.14. The molecule has 1 aliphatic heterocycles. The van der Waals surface area contributed by atoms with E-state index in [4.69, 9.17) is 4.74 Å². The predicted octanol–water partition coefficient (Wildman–Crippen LogP) is -0.247. The summed E-state index contributed by atoms with van der Waals surface area (Å²) < 4.78 is 31.2. The van der Waals surface area contributed by atoms with Crippen LogP contribution in [0.25, 0.3) is 0 Å². The van der Waals surface area contributed by atoms with Crippen LogP contribution in [0.15, 0.2) is 17.6 Å². The third kappa shape index (κ3) is 3.53. The molecule has 108 valence electrons. The molecule has 0 saturated carbocycles. The zero-order valence-corrected chi connectivity index (χ0v) is 11.9. The predicted molar refractivity (Wildman–Crippen MR) is 70.3 cm³/mol. The molecule has 1 aromatic heterocycles. The zero-order chi connectivity index (χ0) is 13.7. The van der Waals surface area contributed by atoms with Crippen LogP contribution in [-0.4, -0.2) is 74.0 Å². The van der Waals surface area contributed by atoms with Gasteiger partial charge in [0.15, 0.2) is 5.03 Å². The Morgan fingerprint density at radius 1 is 1.37 bits per heavy atom. The minimum Gasteiger partial charge on any atom is -0.383 e. The highest BCUT2D eigenvalue weighted by atomic mass is 32.2. The lowest BCUT2D eigenvalue weighted by molar-refractivity contribution is 0.151. The molecule has 0 aliphatic carbocycles. The fourth-order valence-electron chi connectivity index (χ4n) is 2.15. The van der Waals surface area contributed by atoms with Gasteiger partial charge in [0, 0.05) is 33.3 Å². The largest absolute Gasteiger partial charge is 0.383 e. The zero-order valence-electron chi connectivity index (χ0n) is 11.1. The van der Waals surface area contributed by atoms with Crippen molar-refractivity contribution in [3.63, 3.8) is 0 Å². The van der Waals surface area contributed by atoms with Crippen molar-refractivity contribution < 1.29 is 13.2 Å². The summed E-state index contributed by atoms with van der Waals surface area (Å²) in [5, 5.41) is 0.165. The summed E-state index contributed by atoms with van der Waals surface area (Å²) >= 11 is 0. The number of nitrogens with one attached hydrogen (secondary N) is 1. The second-order valence-corrected chi connectivity index (χ2v) is 6.41. The minimum absolute atomic E-state index is 0.165. The molecule has 2 heterocycles. The van der Waals surface area contributed by atoms with Gasteiger partial charge >= 0.3 is 0 Å². The van der Waals surface area contributed by atoms with E-state index >= 15 is 0 Å². The summed E-state index contributed by atoms with van der Waals surface area (Å²) in [5.41, 5.74) is 0. The van der Waals surface area contributed by atoms with Gasteiger partial charge in [0.05, 0.1) is 19.1 Å². The van der Waals surface area contributed by atoms with Gasteiger partial charge in [-0.1, -0.05) is 0 Å². The van der Waals surface area contributed by atoms with Gasteiger partial charge in [0.2, 0.25) is 0 Å². The van der Waals surface area contributed by atoms with Gasteiger partial charge in [-0.3, -0.25) is 4.90 Å². The molecule has 1 N–H and O–H groups in total. The van der Waals surface area contributed by atoms with Gasteiger partial charge in [0.1, 0.15) is 0 Å². The summed E-state index contributed by atoms with van der Waals surface area (Å²) in [5.74, 6) is 0. The quantitative estimate of drug-likeness (QED) is 0.808. The first-order valence-corrected chi connectivity index (χ1v) is 7.78. The number of rotatable bonds is 5. The normalized spacial score (nSPS) is 19.4. The first-order valence-electron chi connectivity index (χ1n) is 6.34. The van der Waals surface area contributed by atoms with Crippen molar-refractivity contribution in [1.82, 2.24) is 19.2 Å². The van der Waals surface area contributed by atoms with Crippen molar-refractivity contribution in [3.8, 4) is 0 Å². The molecule has 1 aliphatic rings. The van der Waals surface area contributed by atoms with Crippen LogP contribution in [0.2, 0.25) is 0 Å². The van der Waals surface area contributed by atoms with Crippen LogP contribution in [0.1, 0.15) is 6.42 Å². The van der Waals surface area contributed by atoms with Gasteiger partial charge in [-0.15, -0.1) is 0 Å². The Labute approximate surface area is 113 Å². The number of H-pyrrole nitrogens is 1. The number of sulfonamides is 1. The molecular formula is C11H20N4O3S. The molecule has 0 atom stereocenters. The van der Waals surface area contributed by atoms with Crippen molar-refractivity contribution in [1.29, 1.82) is 0 Å². The van der Waals surface area contributed by atoms with Gasteiger partial charge < -0.3 is 9.72 Å². The highest BCUT2D eigenvalue weighted by molar-refractivity contribution is 7.89. The third-order valence-electron chi connectivity index (χ3n) is 3.25. The maximum absolute atomic E-state index is 12.3. The van der Waals surface area contributed by atoms with E-state index in [1.165, 1.54) is 16.8 Å². The number of hydrogen-bond donors (Lipinski definition) is 1. The molecule has 1 saturated heterocycles. The Morgan fingerprint density at radius 3 is 2.89 bits per heavy atom. The number of aromatic amines is 1. The molecule has 0 spiro atoms. The van der Waals surface area contributed by atoms with E-state index in [0.29, 0.717) is 19.7 Å². The summed E-state index contributed by atoms with van der Waals surface area (Å²) in [6.45, 7) is 4.20. The van der Waals surface area contributed by atoms with Crippen LogP contribution < -0.4 is 0 Å². The molecule has 0 radical (unpaired) electrons. The van der Waals surface area contributed by atoms with E-state index < -0.39 is 10.0 Å². The fourth-order valence-corrected chi connectivity index (χ4v) is 3.52. The van der Waals surface area contributed by atoms with Gasteiger partial charge in [-0.2, -0.15) is 4.31 Å². The van der Waals surface area contributed by atoms with E-state index in [9.17, 15) is 8.42 Å². The average Bonchev–Trinajstić information content (AvgIpc) is 2.83. The minimum atomic E-state index is -3.43. The van der Waals surface area contributed by atoms with Crippen LogP contribution in [0, 0.1) is 0 Å². The monoisotopic (exact) mass is 288 g/mol. The Morgan fingerprint density at radius 2 is 2.21 bits per heavy atom. The summed E-state index contributed by atoms with van der Waals surface area (Å²) in [7, 11) is -1.76. The summed E-state index contributed by atoms with van der Waals surface area (Å²) in [4.78, 5) is 8.67. The summed E-state index contributed by atoms with van der Waals surface area (Å²) in [6.07, 6.45) is 3.57. The van der Waals surface area contributed by atoms with Crippen LogP contribution >= 0.6 is 0 Å². The van der Waals surface area contributed by atoms with Crippen molar-refractivity contribution in [2.45, 2.75) is 11.4 Å². The van der Waals surface area contributed by atoms with Crippen molar-refractivity contribution >= 4 is 10.0 Å². The Hall–Kier alpha value is -0.960. The van der Waals surface area contributed by atoms with Crippen LogP contribution in [0.3, 0.4) is 0 Å². The van der Waals surface area contributed by atoms with Crippen LogP contribution in [0.4, 0.5) is 0 Å². The molecular weight excluding hydrogens is 268 g/mol. The molecule has 1 aromatic rings. The number of aromatic nitrogens is 2. The molecule has 0 unspecified atom stereocenters. The second kappa shape index (κ2) is 6.47. The van der Waals surface area contributed by atoms with Crippen molar-refractivity contribution in [3.05, 3.63) is 12.5 Å². The van der Waals surface area contributed by atoms with E-state index in [1.54, 1.807) is 7.11 Å². The van der Waals surface area contributed by atoms with E-state index in [1.807, 2.05) is 0 Å². The number of imidazole rings is 1. The number of methoxy groups -OCH3 is 1. The van der Waals surface area contributed by atoms with E-state index in [-0.39, 0.29) is 5.03 Å². The number of hydrogen-bond acceptors (Lipinski definition) is 5. The van der Waals surface area contributed by atoms with Crippen molar-refractivity contribution in [2.24, 2.45) is 0 Å². The first-order chi connectivity index (χ1) is 9.14. The standard InChI is InChI=1S/C11H20N4O3S/c1-18-8-7-14-3-2-4-15(6-5-14)19(16,17)11-9-12-10-13-11/h9-10H,2-8H2,1H3,(H,12,13). The Bertz CT molecular complexity index is 474. The maximum Gasteiger partial charge on any atom is 0.260 e. The molecule has 8 heteroatoms. The Kier molecular flexibility index (Phi) is 4.92. The maximum atomic E-state index is 12.3. The lowest BCUT2D eigenvalue weighted by Gasteiger charge is -2.20. The molecule has 2 rings (SSSR count). The van der Waals surface area contributed by atoms with Crippen molar-refractivity contribution in [2.75, 3.05) is 46.4 Å². The van der Waals surface area contributed by atoms with E-state index in [2.05, 4.69) is 14.9 Å². The summed E-state index contributed by atoms with van der Waals surface area (Å²) in [6, 6.07) is 0. The third-order valence-corrected chi connectivity index (χ3v) is 5.07. The van der Waals surface area contributed by atoms with Gasteiger partial charge in [-0.05, 0) is 13.0 Å². The molecule has 7 nitrogen and oxygen atoms in total. The SMILES string of the molecule is COCCN1CCCN(S(=O)(=O)c2cnc[nH]2)CC1. The number of ether oxygens (including phenoxy) is 1. The van der Waals surface area contributed by atoms with Crippen LogP contribution in [-0.2, 0) is 14.8 Å². The topological polar surface area (TPSA) is 78.5 Å². The Balaban J connectivity index is 1.99. The van der Waals surface area contributed by atoms with Gasteiger partial charge in [0.25, 0.3) is 10.0 Å². The van der Waals surface area contributed by atoms with Crippen LogP contribution in [0.5, 0.6) is 0 Å². The van der Waals surface area contributed by atoms with E-state index in [0.717, 1.165) is 26.1 Å². The average molecular weight is 288 g/mol. The molecule has 0 bridgehead atoms. The van der Waals surface area contributed by atoms with Gasteiger partial charge in [-0.25, -0.2) is 13.4 Å². The molecule has 0 amide bonds. The molecule has 0 aromatic carbocycles. The highest BCUT2D eigenvalue weighted by Gasteiger charge is 2.27. The molecule has 1 fully saturated rings. The lowest BCUT2D eigenvalue weighted by atomic mass is 10.4. The number of nitrogens with zero attached hydrogens (tertiary/aromatic N) is 3. The molecule has 19 heavy (non-hydrogen) atoms.